The molecule has 31 heavy (non-hydrogen) atoms. The average Bonchev–Trinajstić information content (AvgIpc) is 3.19. The number of benzene rings is 2. The smallest absolute Gasteiger partial charge is 0.319 e. The lowest BCUT2D eigenvalue weighted by Gasteiger charge is -2.08. The summed E-state index contributed by atoms with van der Waals surface area (Å²) in [6.45, 7) is 4.60. The normalized spacial score (nSPS) is 10.8. The molecule has 4 aromatic rings. The van der Waals surface area contributed by atoms with Crippen molar-refractivity contribution in [3.63, 3.8) is 0 Å². The fraction of sp³-hybridized carbons (Fsp3) is 0.182. The first kappa shape index (κ1) is 20.5. The zero-order valence-electron chi connectivity index (χ0n) is 17.1. The van der Waals surface area contributed by atoms with E-state index in [1.54, 1.807) is 24.3 Å². The Bertz CT molecular complexity index is 1280. The Hall–Kier alpha value is -3.72. The lowest BCUT2D eigenvalue weighted by atomic mass is 10.1. The van der Waals surface area contributed by atoms with Gasteiger partial charge in [-0.2, -0.15) is 9.61 Å². The molecule has 2 amide bonds. The van der Waals surface area contributed by atoms with E-state index in [0.29, 0.717) is 22.9 Å². The molecule has 8 nitrogen and oxygen atoms in total. The highest BCUT2D eigenvalue weighted by Gasteiger charge is 2.12. The summed E-state index contributed by atoms with van der Waals surface area (Å²) in [5.74, 6) is 0.737. The molecule has 0 aliphatic carbocycles. The minimum Gasteiger partial charge on any atom is -0.494 e. The van der Waals surface area contributed by atoms with Crippen LogP contribution in [-0.2, 0) is 6.54 Å². The number of carbonyl (C=O) groups is 1. The number of rotatable bonds is 6. The summed E-state index contributed by atoms with van der Waals surface area (Å²) in [6.07, 6.45) is 0. The predicted molar refractivity (Wildman–Crippen MR) is 121 cm³/mol. The van der Waals surface area contributed by atoms with E-state index in [9.17, 15) is 9.59 Å². The number of aryl methyl sites for hydroxylation is 1. The van der Waals surface area contributed by atoms with Crippen molar-refractivity contribution in [3.05, 3.63) is 76.2 Å². The minimum atomic E-state index is -0.393. The van der Waals surface area contributed by atoms with Gasteiger partial charge in [-0.15, -0.1) is 0 Å². The molecule has 2 heterocycles. The molecule has 2 aromatic carbocycles. The topological polar surface area (TPSA) is 97.6 Å². The van der Waals surface area contributed by atoms with Crippen LogP contribution in [0.2, 0.25) is 0 Å². The predicted octanol–water partition coefficient (Wildman–Crippen LogP) is 3.85. The second kappa shape index (κ2) is 8.97. The van der Waals surface area contributed by atoms with Gasteiger partial charge in [0.05, 0.1) is 18.8 Å². The number of hydrogen-bond acceptors (Lipinski definition) is 6. The molecular weight excluding hydrogens is 414 g/mol. The number of urea groups is 1. The highest BCUT2D eigenvalue weighted by Crippen LogP contribution is 2.26. The molecular formula is C22H21N5O3S. The van der Waals surface area contributed by atoms with Crippen LogP contribution in [0.15, 0.2) is 59.4 Å². The van der Waals surface area contributed by atoms with Gasteiger partial charge in [0.1, 0.15) is 10.8 Å². The maximum atomic E-state index is 12.5. The number of amides is 2. The van der Waals surface area contributed by atoms with Crippen molar-refractivity contribution in [2.75, 3.05) is 11.9 Å². The van der Waals surface area contributed by atoms with Crippen LogP contribution in [-0.4, -0.2) is 27.2 Å². The summed E-state index contributed by atoms with van der Waals surface area (Å²) in [5.41, 5.74) is 2.85. The molecule has 9 heteroatoms. The number of nitrogens with zero attached hydrogens (tertiary/aromatic N) is 3. The molecule has 0 atom stereocenters. The van der Waals surface area contributed by atoms with Crippen molar-refractivity contribution in [3.8, 4) is 16.3 Å². The zero-order chi connectivity index (χ0) is 21.8. The van der Waals surface area contributed by atoms with E-state index in [4.69, 9.17) is 4.74 Å². The first-order valence-electron chi connectivity index (χ1n) is 9.77. The first-order chi connectivity index (χ1) is 15.0. The Kier molecular flexibility index (Phi) is 5.94. The molecule has 0 saturated heterocycles. The average molecular weight is 436 g/mol. The third kappa shape index (κ3) is 4.72. The van der Waals surface area contributed by atoms with Gasteiger partial charge in [-0.25, -0.2) is 9.78 Å². The van der Waals surface area contributed by atoms with E-state index in [1.807, 2.05) is 38.1 Å². The number of hydrogen-bond donors (Lipinski definition) is 2. The number of fused-ring (bicyclic) bond motifs is 1. The van der Waals surface area contributed by atoms with E-state index in [1.165, 1.54) is 21.9 Å². The van der Waals surface area contributed by atoms with Gasteiger partial charge in [0.2, 0.25) is 4.96 Å². The maximum Gasteiger partial charge on any atom is 0.319 e. The molecule has 158 valence electrons. The summed E-state index contributed by atoms with van der Waals surface area (Å²) >= 11 is 1.34. The number of anilines is 1. The van der Waals surface area contributed by atoms with Gasteiger partial charge in [0.25, 0.3) is 5.56 Å². The quantitative estimate of drug-likeness (QED) is 0.479. The summed E-state index contributed by atoms with van der Waals surface area (Å²) in [6, 6.07) is 15.9. The Morgan fingerprint density at radius 1 is 1.16 bits per heavy atom. The number of ether oxygens (including phenoxy) is 1. The standard InChI is InChI=1S/C22H21N5O3S/c1-3-30-17-10-8-15(9-11-17)24-21(29)23-13-16-12-19(28)27-22(25-16)31-20(26-27)18-7-5-4-6-14(18)2/h4-12H,3,13H2,1-2H3,(H2,23,24,29). The van der Waals surface area contributed by atoms with E-state index in [2.05, 4.69) is 20.7 Å². The fourth-order valence-corrected chi connectivity index (χ4v) is 4.03. The van der Waals surface area contributed by atoms with Crippen molar-refractivity contribution in [1.82, 2.24) is 19.9 Å². The molecule has 0 aliphatic rings. The molecule has 0 fully saturated rings. The van der Waals surface area contributed by atoms with Crippen LogP contribution in [0.3, 0.4) is 0 Å². The molecule has 0 aliphatic heterocycles. The van der Waals surface area contributed by atoms with Crippen molar-refractivity contribution < 1.29 is 9.53 Å². The van der Waals surface area contributed by atoms with Gasteiger partial charge in [0.15, 0.2) is 0 Å². The summed E-state index contributed by atoms with van der Waals surface area (Å²) < 4.78 is 6.67. The molecule has 0 spiro atoms. The van der Waals surface area contributed by atoms with E-state index in [0.717, 1.165) is 21.9 Å². The second-order valence-electron chi connectivity index (χ2n) is 6.77. The van der Waals surface area contributed by atoms with E-state index >= 15 is 0 Å². The molecule has 0 unspecified atom stereocenters. The molecule has 0 radical (unpaired) electrons. The summed E-state index contributed by atoms with van der Waals surface area (Å²) in [5, 5.41) is 10.6. The van der Waals surface area contributed by atoms with Crippen molar-refractivity contribution in [2.45, 2.75) is 20.4 Å². The Labute approximate surface area is 182 Å². The lowest BCUT2D eigenvalue weighted by molar-refractivity contribution is 0.251. The number of carbonyl (C=O) groups excluding carboxylic acids is 1. The van der Waals surface area contributed by atoms with Gasteiger partial charge in [-0.1, -0.05) is 35.6 Å². The van der Waals surface area contributed by atoms with Crippen molar-refractivity contribution in [2.24, 2.45) is 0 Å². The van der Waals surface area contributed by atoms with Gasteiger partial charge < -0.3 is 15.4 Å². The molecule has 2 aromatic heterocycles. The zero-order valence-corrected chi connectivity index (χ0v) is 17.9. The third-order valence-corrected chi connectivity index (χ3v) is 5.47. The highest BCUT2D eigenvalue weighted by atomic mass is 32.1. The van der Waals surface area contributed by atoms with Crippen LogP contribution in [0.1, 0.15) is 18.2 Å². The largest absolute Gasteiger partial charge is 0.494 e. The number of aromatic nitrogens is 3. The molecule has 4 rings (SSSR count). The molecule has 2 N–H and O–H groups in total. The van der Waals surface area contributed by atoms with Crippen LogP contribution in [0.4, 0.5) is 10.5 Å². The molecule has 0 bridgehead atoms. The van der Waals surface area contributed by atoms with Crippen LogP contribution in [0, 0.1) is 6.92 Å². The second-order valence-corrected chi connectivity index (χ2v) is 7.72. The minimum absolute atomic E-state index is 0.117. The summed E-state index contributed by atoms with van der Waals surface area (Å²) in [7, 11) is 0. The van der Waals surface area contributed by atoms with Gasteiger partial charge in [0, 0.05) is 17.3 Å². The van der Waals surface area contributed by atoms with E-state index < -0.39 is 6.03 Å². The Morgan fingerprint density at radius 3 is 2.68 bits per heavy atom. The van der Waals surface area contributed by atoms with Gasteiger partial charge in [-0.05, 0) is 43.7 Å². The summed E-state index contributed by atoms with van der Waals surface area (Å²) in [4.78, 5) is 29.6. The monoisotopic (exact) mass is 435 g/mol. The number of nitrogens with one attached hydrogen (secondary N) is 2. The highest BCUT2D eigenvalue weighted by molar-refractivity contribution is 7.19. The third-order valence-electron chi connectivity index (χ3n) is 4.53. The Balaban J connectivity index is 1.45. The van der Waals surface area contributed by atoms with Crippen LogP contribution in [0.25, 0.3) is 15.5 Å². The van der Waals surface area contributed by atoms with Crippen LogP contribution >= 0.6 is 11.3 Å². The Morgan fingerprint density at radius 2 is 1.94 bits per heavy atom. The van der Waals surface area contributed by atoms with Gasteiger partial charge in [-0.3, -0.25) is 4.79 Å². The SMILES string of the molecule is CCOc1ccc(NC(=O)NCc2cc(=O)n3nc(-c4ccccc4C)sc3n2)cc1. The maximum absolute atomic E-state index is 12.5. The van der Waals surface area contributed by atoms with Crippen molar-refractivity contribution >= 4 is 28.0 Å². The first-order valence-corrected chi connectivity index (χ1v) is 10.6. The molecule has 0 saturated carbocycles. The van der Waals surface area contributed by atoms with Gasteiger partial charge >= 0.3 is 6.03 Å². The van der Waals surface area contributed by atoms with Crippen LogP contribution < -0.4 is 20.9 Å². The van der Waals surface area contributed by atoms with E-state index in [-0.39, 0.29) is 12.1 Å². The van der Waals surface area contributed by atoms with Crippen LogP contribution in [0.5, 0.6) is 5.75 Å². The fourth-order valence-electron chi connectivity index (χ4n) is 3.02. The van der Waals surface area contributed by atoms with Crippen molar-refractivity contribution in [1.29, 1.82) is 0 Å². The lowest BCUT2D eigenvalue weighted by Crippen LogP contribution is -2.29.